The lowest BCUT2D eigenvalue weighted by molar-refractivity contribution is -0.117. The van der Waals surface area contributed by atoms with Gasteiger partial charge in [-0.3, -0.25) is 4.79 Å². The summed E-state index contributed by atoms with van der Waals surface area (Å²) in [7, 11) is 0. The third-order valence-electron chi connectivity index (χ3n) is 2.40. The van der Waals surface area contributed by atoms with Gasteiger partial charge in [-0.15, -0.1) is 0 Å². The van der Waals surface area contributed by atoms with Gasteiger partial charge < -0.3 is 10.4 Å². The lowest BCUT2D eigenvalue weighted by Gasteiger charge is -2.13. The molecule has 18 heavy (non-hydrogen) atoms. The second-order valence-electron chi connectivity index (χ2n) is 4.35. The minimum absolute atomic E-state index is 0.122. The van der Waals surface area contributed by atoms with Crippen molar-refractivity contribution in [1.29, 1.82) is 0 Å². The highest BCUT2D eigenvalue weighted by atomic mass is 19.1. The molecule has 2 N–H and O–H groups in total. The van der Waals surface area contributed by atoms with E-state index in [1.54, 1.807) is 25.1 Å². The molecule has 0 spiro atoms. The van der Waals surface area contributed by atoms with Crippen LogP contribution in [0.15, 0.2) is 30.3 Å². The van der Waals surface area contributed by atoms with Crippen LogP contribution in [0, 0.1) is 5.82 Å². The van der Waals surface area contributed by atoms with E-state index < -0.39 is 6.10 Å². The zero-order chi connectivity index (χ0) is 13.5. The minimum atomic E-state index is -0.462. The summed E-state index contributed by atoms with van der Waals surface area (Å²) in [6.45, 7) is 3.47. The van der Waals surface area contributed by atoms with Crippen LogP contribution in [0.5, 0.6) is 0 Å². The van der Waals surface area contributed by atoms with Crippen LogP contribution in [0.1, 0.15) is 25.8 Å². The van der Waals surface area contributed by atoms with E-state index in [2.05, 4.69) is 5.32 Å². The molecule has 0 aromatic heterocycles. The van der Waals surface area contributed by atoms with Gasteiger partial charge in [-0.25, -0.2) is 4.39 Å². The molecule has 1 rings (SSSR count). The third kappa shape index (κ3) is 5.10. The molecule has 0 aliphatic rings. The summed E-state index contributed by atoms with van der Waals surface area (Å²) in [5.41, 5.74) is 0.371. The first-order chi connectivity index (χ1) is 8.49. The molecule has 3 nitrogen and oxygen atoms in total. The lowest BCUT2D eigenvalue weighted by atomic mass is 10.1. The minimum Gasteiger partial charge on any atom is -0.393 e. The van der Waals surface area contributed by atoms with Crippen molar-refractivity contribution in [1.82, 2.24) is 5.32 Å². The Morgan fingerprint density at radius 1 is 1.44 bits per heavy atom. The van der Waals surface area contributed by atoms with Crippen LogP contribution < -0.4 is 5.32 Å². The molecule has 1 amide bonds. The van der Waals surface area contributed by atoms with Crippen molar-refractivity contribution < 1.29 is 14.3 Å². The maximum absolute atomic E-state index is 13.3. The first-order valence-electron chi connectivity index (χ1n) is 5.90. The molecule has 0 bridgehead atoms. The standard InChI is InChI=1S/C14H18FNO2/c1-10(9-11(2)17)16-14(18)8-7-12-5-3-4-6-13(12)15/h3-8,10-11,17H,9H2,1-2H3,(H,16,18)/b8-7+. The second-order valence-corrected chi connectivity index (χ2v) is 4.35. The molecule has 0 radical (unpaired) electrons. The number of benzene rings is 1. The van der Waals surface area contributed by atoms with Gasteiger partial charge >= 0.3 is 0 Å². The Morgan fingerprint density at radius 2 is 2.11 bits per heavy atom. The van der Waals surface area contributed by atoms with Crippen LogP contribution >= 0.6 is 0 Å². The number of nitrogens with one attached hydrogen (secondary N) is 1. The van der Waals surface area contributed by atoms with Gasteiger partial charge in [0.25, 0.3) is 0 Å². The maximum atomic E-state index is 13.3. The average Bonchev–Trinajstić information content (AvgIpc) is 2.26. The normalized spacial score (nSPS) is 14.4. The van der Waals surface area contributed by atoms with Gasteiger partial charge in [0.2, 0.25) is 5.91 Å². The number of hydrogen-bond donors (Lipinski definition) is 2. The van der Waals surface area contributed by atoms with Crippen molar-refractivity contribution >= 4 is 12.0 Å². The second kappa shape index (κ2) is 6.91. The Morgan fingerprint density at radius 3 is 2.72 bits per heavy atom. The number of aliphatic hydroxyl groups excluding tert-OH is 1. The first-order valence-corrected chi connectivity index (χ1v) is 5.90. The molecule has 1 aromatic rings. The summed E-state index contributed by atoms with van der Waals surface area (Å²) in [6.07, 6.45) is 2.74. The van der Waals surface area contributed by atoms with Crippen molar-refractivity contribution in [3.05, 3.63) is 41.7 Å². The predicted molar refractivity (Wildman–Crippen MR) is 69.3 cm³/mol. The third-order valence-corrected chi connectivity index (χ3v) is 2.40. The van der Waals surface area contributed by atoms with Crippen molar-refractivity contribution in [2.75, 3.05) is 0 Å². The van der Waals surface area contributed by atoms with Crippen molar-refractivity contribution in [2.24, 2.45) is 0 Å². The summed E-state index contributed by atoms with van der Waals surface area (Å²) in [5.74, 6) is -0.662. The Kier molecular flexibility index (Phi) is 5.52. The van der Waals surface area contributed by atoms with E-state index in [9.17, 15) is 9.18 Å². The zero-order valence-electron chi connectivity index (χ0n) is 10.6. The summed E-state index contributed by atoms with van der Waals surface area (Å²) in [5, 5.41) is 11.9. The summed E-state index contributed by atoms with van der Waals surface area (Å²) >= 11 is 0. The smallest absolute Gasteiger partial charge is 0.244 e. The van der Waals surface area contributed by atoms with Crippen LogP contribution in [-0.4, -0.2) is 23.2 Å². The van der Waals surface area contributed by atoms with Gasteiger partial charge in [0.05, 0.1) is 6.10 Å². The monoisotopic (exact) mass is 251 g/mol. The van der Waals surface area contributed by atoms with Crippen LogP contribution in [0.25, 0.3) is 6.08 Å². The molecule has 0 heterocycles. The van der Waals surface area contributed by atoms with Crippen molar-refractivity contribution in [2.45, 2.75) is 32.4 Å². The van der Waals surface area contributed by atoms with E-state index in [0.29, 0.717) is 12.0 Å². The van der Waals surface area contributed by atoms with Crippen LogP contribution in [-0.2, 0) is 4.79 Å². The molecule has 0 saturated heterocycles. The molecule has 1 aromatic carbocycles. The molecule has 0 aliphatic carbocycles. The van der Waals surface area contributed by atoms with E-state index in [-0.39, 0.29) is 17.8 Å². The number of aliphatic hydroxyl groups is 1. The highest BCUT2D eigenvalue weighted by Crippen LogP contribution is 2.08. The highest BCUT2D eigenvalue weighted by Gasteiger charge is 2.07. The number of carbonyl (C=O) groups excluding carboxylic acids is 1. The van der Waals surface area contributed by atoms with Crippen LogP contribution in [0.3, 0.4) is 0 Å². The van der Waals surface area contributed by atoms with E-state index >= 15 is 0 Å². The molecule has 2 atom stereocenters. The number of hydrogen-bond acceptors (Lipinski definition) is 2. The Hall–Kier alpha value is -1.68. The number of halogens is 1. The van der Waals surface area contributed by atoms with Crippen LogP contribution in [0.2, 0.25) is 0 Å². The number of carbonyl (C=O) groups is 1. The zero-order valence-corrected chi connectivity index (χ0v) is 10.6. The van der Waals surface area contributed by atoms with Gasteiger partial charge in [-0.1, -0.05) is 18.2 Å². The molecule has 2 unspecified atom stereocenters. The Bertz CT molecular complexity index is 430. The molecule has 98 valence electrons. The Balaban J connectivity index is 2.52. The first kappa shape index (κ1) is 14.4. The van der Waals surface area contributed by atoms with Gasteiger partial charge in [-0.2, -0.15) is 0 Å². The summed E-state index contributed by atoms with van der Waals surface area (Å²) in [6, 6.07) is 6.11. The predicted octanol–water partition coefficient (Wildman–Crippen LogP) is 2.11. The van der Waals surface area contributed by atoms with Crippen LogP contribution in [0.4, 0.5) is 4.39 Å². The summed E-state index contributed by atoms with van der Waals surface area (Å²) < 4.78 is 13.3. The fourth-order valence-electron chi connectivity index (χ4n) is 1.64. The SMILES string of the molecule is CC(O)CC(C)NC(=O)/C=C/c1ccccc1F. The van der Waals surface area contributed by atoms with Crippen molar-refractivity contribution in [3.63, 3.8) is 0 Å². The molecular formula is C14H18FNO2. The van der Waals surface area contributed by atoms with Gasteiger partial charge in [0.15, 0.2) is 0 Å². The van der Waals surface area contributed by atoms with Gasteiger partial charge in [-0.05, 0) is 32.4 Å². The van der Waals surface area contributed by atoms with E-state index in [0.717, 1.165) is 0 Å². The topological polar surface area (TPSA) is 49.3 Å². The fourth-order valence-corrected chi connectivity index (χ4v) is 1.64. The Labute approximate surface area is 106 Å². The molecular weight excluding hydrogens is 233 g/mol. The molecule has 4 heteroatoms. The average molecular weight is 251 g/mol. The molecule has 0 aliphatic heterocycles. The fraction of sp³-hybridized carbons (Fsp3) is 0.357. The molecule has 0 fully saturated rings. The lowest BCUT2D eigenvalue weighted by Crippen LogP contribution is -2.33. The quantitative estimate of drug-likeness (QED) is 0.787. The number of amides is 1. The van der Waals surface area contributed by atoms with E-state index in [1.807, 2.05) is 6.92 Å². The van der Waals surface area contributed by atoms with Crippen molar-refractivity contribution in [3.8, 4) is 0 Å². The maximum Gasteiger partial charge on any atom is 0.244 e. The number of rotatable bonds is 5. The largest absolute Gasteiger partial charge is 0.393 e. The van der Waals surface area contributed by atoms with E-state index in [4.69, 9.17) is 5.11 Å². The van der Waals surface area contributed by atoms with E-state index in [1.165, 1.54) is 18.2 Å². The van der Waals surface area contributed by atoms with Gasteiger partial charge in [0.1, 0.15) is 5.82 Å². The highest BCUT2D eigenvalue weighted by molar-refractivity contribution is 5.91. The van der Waals surface area contributed by atoms with Gasteiger partial charge in [0, 0.05) is 17.7 Å². The molecule has 0 saturated carbocycles. The summed E-state index contributed by atoms with van der Waals surface area (Å²) in [4.78, 5) is 11.5.